The zero-order valence-corrected chi connectivity index (χ0v) is 15.0. The molecule has 0 aromatic carbocycles. The van der Waals surface area contributed by atoms with Crippen LogP contribution in [0.2, 0.25) is 0 Å². The fourth-order valence-corrected chi connectivity index (χ4v) is 4.26. The highest BCUT2D eigenvalue weighted by molar-refractivity contribution is 4.92. The number of nitrogens with zero attached hydrogens (tertiary/aromatic N) is 2. The van der Waals surface area contributed by atoms with E-state index in [1.807, 2.05) is 0 Å². The van der Waals surface area contributed by atoms with Crippen molar-refractivity contribution in [3.63, 3.8) is 0 Å². The Morgan fingerprint density at radius 1 is 1.10 bits per heavy atom. The van der Waals surface area contributed by atoms with Crippen LogP contribution in [0, 0.1) is 11.3 Å². The van der Waals surface area contributed by atoms with Crippen LogP contribution in [-0.2, 0) is 0 Å². The van der Waals surface area contributed by atoms with Gasteiger partial charge >= 0.3 is 0 Å². The molecule has 124 valence electrons. The monoisotopic (exact) mass is 295 g/mol. The summed E-state index contributed by atoms with van der Waals surface area (Å²) >= 11 is 0. The van der Waals surface area contributed by atoms with E-state index in [1.165, 1.54) is 51.9 Å². The van der Waals surface area contributed by atoms with E-state index in [2.05, 4.69) is 49.9 Å². The smallest absolute Gasteiger partial charge is 0.0195 e. The van der Waals surface area contributed by atoms with Gasteiger partial charge < -0.3 is 5.32 Å². The third-order valence-electron chi connectivity index (χ3n) is 5.71. The minimum Gasteiger partial charge on any atom is -0.316 e. The van der Waals surface area contributed by atoms with E-state index in [-0.39, 0.29) is 0 Å². The minimum atomic E-state index is 0.546. The molecular weight excluding hydrogens is 258 g/mol. The molecule has 2 atom stereocenters. The van der Waals surface area contributed by atoms with Crippen molar-refractivity contribution < 1.29 is 0 Å². The van der Waals surface area contributed by atoms with E-state index in [1.54, 1.807) is 0 Å². The summed E-state index contributed by atoms with van der Waals surface area (Å²) in [6.07, 6.45) is 5.71. The average Bonchev–Trinajstić information content (AvgIpc) is 2.84. The lowest BCUT2D eigenvalue weighted by Gasteiger charge is -2.45. The number of rotatable bonds is 6. The SMILES string of the molecule is CC(C)CNCC1(CN2CC(C)N(C)C(C)C2)CCCC1. The molecule has 1 N–H and O–H groups in total. The van der Waals surface area contributed by atoms with Crippen molar-refractivity contribution in [2.24, 2.45) is 11.3 Å². The third-order valence-corrected chi connectivity index (χ3v) is 5.71. The van der Waals surface area contributed by atoms with Gasteiger partial charge in [-0.25, -0.2) is 0 Å². The first-order chi connectivity index (χ1) is 9.92. The van der Waals surface area contributed by atoms with Gasteiger partial charge in [0.15, 0.2) is 0 Å². The standard InChI is InChI=1S/C18H37N3/c1-15(2)10-19-13-18(8-6-7-9-18)14-21-11-16(3)20(5)17(4)12-21/h15-17,19H,6-14H2,1-5H3. The highest BCUT2D eigenvalue weighted by Crippen LogP contribution is 2.39. The Bertz CT molecular complexity index is 298. The van der Waals surface area contributed by atoms with Gasteiger partial charge in [0.25, 0.3) is 0 Å². The molecule has 1 aliphatic heterocycles. The van der Waals surface area contributed by atoms with Crippen LogP contribution in [0.15, 0.2) is 0 Å². The topological polar surface area (TPSA) is 18.5 Å². The maximum atomic E-state index is 3.75. The molecule has 2 fully saturated rings. The van der Waals surface area contributed by atoms with E-state index in [0.29, 0.717) is 17.5 Å². The molecule has 21 heavy (non-hydrogen) atoms. The molecule has 1 aliphatic carbocycles. The van der Waals surface area contributed by atoms with Gasteiger partial charge in [-0.05, 0) is 51.6 Å². The molecule has 1 saturated heterocycles. The first kappa shape index (κ1) is 17.2. The molecule has 3 heteroatoms. The average molecular weight is 296 g/mol. The van der Waals surface area contributed by atoms with Crippen molar-refractivity contribution in [1.29, 1.82) is 0 Å². The minimum absolute atomic E-state index is 0.546. The molecule has 0 radical (unpaired) electrons. The predicted octanol–water partition coefficient (Wildman–Crippen LogP) is 2.82. The van der Waals surface area contributed by atoms with Crippen LogP contribution in [0.1, 0.15) is 53.4 Å². The summed E-state index contributed by atoms with van der Waals surface area (Å²) in [5, 5.41) is 3.75. The van der Waals surface area contributed by atoms with E-state index < -0.39 is 0 Å². The van der Waals surface area contributed by atoms with Gasteiger partial charge in [-0.1, -0.05) is 26.7 Å². The van der Waals surface area contributed by atoms with Crippen molar-refractivity contribution in [3.05, 3.63) is 0 Å². The number of hydrogen-bond donors (Lipinski definition) is 1. The summed E-state index contributed by atoms with van der Waals surface area (Å²) in [4.78, 5) is 5.28. The first-order valence-electron chi connectivity index (χ1n) is 9.07. The Hall–Kier alpha value is -0.120. The van der Waals surface area contributed by atoms with E-state index in [0.717, 1.165) is 12.5 Å². The van der Waals surface area contributed by atoms with Crippen LogP contribution in [0.5, 0.6) is 0 Å². The summed E-state index contributed by atoms with van der Waals surface area (Å²) in [6.45, 7) is 15.5. The molecule has 1 heterocycles. The molecule has 0 amide bonds. The second-order valence-electron chi connectivity index (χ2n) is 8.29. The van der Waals surface area contributed by atoms with Crippen LogP contribution in [-0.4, -0.2) is 61.7 Å². The van der Waals surface area contributed by atoms with Gasteiger partial charge in [0.05, 0.1) is 0 Å². The van der Waals surface area contributed by atoms with Crippen molar-refractivity contribution in [2.75, 3.05) is 39.8 Å². The van der Waals surface area contributed by atoms with Crippen LogP contribution in [0.3, 0.4) is 0 Å². The van der Waals surface area contributed by atoms with Crippen molar-refractivity contribution >= 4 is 0 Å². The Morgan fingerprint density at radius 3 is 2.19 bits per heavy atom. The zero-order valence-electron chi connectivity index (χ0n) is 15.0. The Labute approximate surface area is 132 Å². The van der Waals surface area contributed by atoms with Gasteiger partial charge in [0.1, 0.15) is 0 Å². The van der Waals surface area contributed by atoms with E-state index >= 15 is 0 Å². The van der Waals surface area contributed by atoms with Gasteiger partial charge in [0, 0.05) is 38.3 Å². The lowest BCUT2D eigenvalue weighted by Crippen LogP contribution is -2.57. The van der Waals surface area contributed by atoms with Gasteiger partial charge in [0.2, 0.25) is 0 Å². The molecule has 0 aromatic rings. The molecular formula is C18H37N3. The van der Waals surface area contributed by atoms with Crippen LogP contribution >= 0.6 is 0 Å². The van der Waals surface area contributed by atoms with E-state index in [4.69, 9.17) is 0 Å². The summed E-state index contributed by atoms with van der Waals surface area (Å²) in [6, 6.07) is 1.38. The van der Waals surface area contributed by atoms with Gasteiger partial charge in [-0.2, -0.15) is 0 Å². The number of likely N-dealkylation sites (N-methyl/N-ethyl adjacent to an activating group) is 1. The van der Waals surface area contributed by atoms with E-state index in [9.17, 15) is 0 Å². The highest BCUT2D eigenvalue weighted by atomic mass is 15.3. The van der Waals surface area contributed by atoms with Crippen LogP contribution in [0.25, 0.3) is 0 Å². The number of piperazine rings is 1. The molecule has 2 unspecified atom stereocenters. The molecule has 0 spiro atoms. The molecule has 3 nitrogen and oxygen atoms in total. The van der Waals surface area contributed by atoms with Crippen molar-refractivity contribution in [1.82, 2.24) is 15.1 Å². The van der Waals surface area contributed by atoms with Gasteiger partial charge in [-0.3, -0.25) is 9.80 Å². The fourth-order valence-electron chi connectivity index (χ4n) is 4.26. The zero-order chi connectivity index (χ0) is 15.5. The number of hydrogen-bond acceptors (Lipinski definition) is 3. The summed E-state index contributed by atoms with van der Waals surface area (Å²) in [5.74, 6) is 0.757. The maximum absolute atomic E-state index is 3.75. The largest absolute Gasteiger partial charge is 0.316 e. The second kappa shape index (κ2) is 7.43. The summed E-state index contributed by atoms with van der Waals surface area (Å²) in [5.41, 5.74) is 0.546. The Kier molecular flexibility index (Phi) is 6.10. The molecule has 0 aromatic heterocycles. The van der Waals surface area contributed by atoms with Gasteiger partial charge in [-0.15, -0.1) is 0 Å². The van der Waals surface area contributed by atoms with Crippen LogP contribution in [0.4, 0.5) is 0 Å². The Morgan fingerprint density at radius 2 is 1.67 bits per heavy atom. The quantitative estimate of drug-likeness (QED) is 0.813. The maximum Gasteiger partial charge on any atom is 0.0195 e. The summed E-state index contributed by atoms with van der Waals surface area (Å²) < 4.78 is 0. The lowest BCUT2D eigenvalue weighted by molar-refractivity contribution is 0.0318. The Balaban J connectivity index is 1.90. The van der Waals surface area contributed by atoms with Crippen molar-refractivity contribution in [3.8, 4) is 0 Å². The first-order valence-corrected chi connectivity index (χ1v) is 9.07. The third kappa shape index (κ3) is 4.67. The molecule has 2 aliphatic rings. The normalized spacial score (nSPS) is 31.1. The second-order valence-corrected chi connectivity index (χ2v) is 8.29. The molecule has 0 bridgehead atoms. The lowest BCUT2D eigenvalue weighted by atomic mass is 9.84. The predicted molar refractivity (Wildman–Crippen MR) is 91.7 cm³/mol. The molecule has 1 saturated carbocycles. The number of nitrogens with one attached hydrogen (secondary N) is 1. The van der Waals surface area contributed by atoms with Crippen LogP contribution < -0.4 is 5.32 Å². The summed E-state index contributed by atoms with van der Waals surface area (Å²) in [7, 11) is 2.28. The highest BCUT2D eigenvalue weighted by Gasteiger charge is 2.37. The van der Waals surface area contributed by atoms with Crippen molar-refractivity contribution in [2.45, 2.75) is 65.5 Å². The molecule has 2 rings (SSSR count). The fraction of sp³-hybridized carbons (Fsp3) is 1.00.